The molecule has 9 nitrogen and oxygen atoms in total. The lowest BCUT2D eigenvalue weighted by Crippen LogP contribution is -2.38. The van der Waals surface area contributed by atoms with Crippen LogP contribution in [0.4, 0.5) is 4.39 Å². The average Bonchev–Trinajstić information content (AvgIpc) is 3.25. The number of hydrogen-bond donors (Lipinski definition) is 3. The number of nitrogens with zero attached hydrogens (tertiary/aromatic N) is 3. The third-order valence-corrected chi connectivity index (χ3v) is 5.74. The number of phosphoric acid groups is 1. The molecule has 1 aromatic heterocycles. The molecule has 1 fully saturated rings. The van der Waals surface area contributed by atoms with Crippen LogP contribution in [0.2, 0.25) is 0 Å². The minimum Gasteiger partial charge on any atom is -0.495 e. The number of likely N-dealkylation sites (tertiary alicyclic amines) is 1. The molecule has 1 amide bonds. The second kappa shape index (κ2) is 11.6. The number of ether oxygens (including phenoxy) is 1. The minimum atomic E-state index is -4.64. The van der Waals surface area contributed by atoms with E-state index in [0.29, 0.717) is 12.3 Å². The number of aryl methyl sites for hydroxylation is 1. The Bertz CT molecular complexity index is 1280. The molecule has 1 aliphatic rings. The molecule has 36 heavy (non-hydrogen) atoms. The number of benzene rings is 2. The summed E-state index contributed by atoms with van der Waals surface area (Å²) in [5.74, 6) is 0.465. The Labute approximate surface area is 208 Å². The number of halogens is 1. The lowest BCUT2D eigenvalue weighted by molar-refractivity contribution is -0.130. The van der Waals surface area contributed by atoms with Crippen molar-refractivity contribution < 1.29 is 33.2 Å². The van der Waals surface area contributed by atoms with Crippen LogP contribution in [0.25, 0.3) is 11.8 Å². The molecular weight excluding hydrogens is 488 g/mol. The SMILES string of the molecule is COc1cc(/C=C2\CCCN([C@@H](C)c3ccc(F)cc3)C2=O)ccc1-n1cnc(C)c1.O=P(O)(O)O. The molecule has 0 saturated carbocycles. The summed E-state index contributed by atoms with van der Waals surface area (Å²) in [6, 6.07) is 12.1. The molecule has 2 aromatic carbocycles. The van der Waals surface area contributed by atoms with Crippen molar-refractivity contribution in [1.29, 1.82) is 0 Å². The second-order valence-electron chi connectivity index (χ2n) is 8.37. The topological polar surface area (TPSA) is 125 Å². The molecular formula is C25H29FN3O6P. The van der Waals surface area contributed by atoms with E-state index < -0.39 is 7.82 Å². The molecule has 0 aliphatic carbocycles. The van der Waals surface area contributed by atoms with E-state index >= 15 is 0 Å². The van der Waals surface area contributed by atoms with Crippen LogP contribution in [0.15, 0.2) is 60.6 Å². The maximum Gasteiger partial charge on any atom is 0.466 e. The van der Waals surface area contributed by atoms with E-state index in [-0.39, 0.29) is 17.8 Å². The Balaban J connectivity index is 0.000000658. The number of hydrogen-bond acceptors (Lipinski definition) is 4. The number of aromatic nitrogens is 2. The predicted molar refractivity (Wildman–Crippen MR) is 133 cm³/mol. The Hall–Kier alpha value is -3.30. The number of carbonyl (C=O) groups excluding carboxylic acids is 1. The maximum atomic E-state index is 13.3. The van der Waals surface area contributed by atoms with Crippen LogP contribution in [-0.4, -0.2) is 48.7 Å². The van der Waals surface area contributed by atoms with Gasteiger partial charge in [-0.05, 0) is 68.2 Å². The van der Waals surface area contributed by atoms with E-state index in [2.05, 4.69) is 4.98 Å². The number of amides is 1. The van der Waals surface area contributed by atoms with Crippen molar-refractivity contribution in [3.63, 3.8) is 0 Å². The molecule has 4 rings (SSSR count). The first-order valence-electron chi connectivity index (χ1n) is 11.2. The van der Waals surface area contributed by atoms with Crippen LogP contribution >= 0.6 is 7.82 Å². The highest BCUT2D eigenvalue weighted by atomic mass is 31.2. The lowest BCUT2D eigenvalue weighted by Gasteiger charge is -2.34. The van der Waals surface area contributed by atoms with Gasteiger partial charge in [-0.25, -0.2) is 13.9 Å². The standard InChI is InChI=1S/C25H26FN3O2.H3O4P/c1-17-15-28(16-27-17)23-11-6-19(14-24(23)31-3)13-21-5-4-12-29(25(21)30)18(2)20-7-9-22(26)10-8-20;1-5(2,3)4/h6-11,13-16,18H,4-5,12H2,1-3H3;(H3,1,2,3,4)/b21-13+;/t18-;/m0./s1. The maximum absolute atomic E-state index is 13.3. The number of carbonyl (C=O) groups is 1. The molecule has 3 N–H and O–H groups in total. The predicted octanol–water partition coefficient (Wildman–Crippen LogP) is 4.17. The van der Waals surface area contributed by atoms with E-state index in [0.717, 1.165) is 40.9 Å². The summed E-state index contributed by atoms with van der Waals surface area (Å²) in [4.78, 5) is 40.9. The van der Waals surface area contributed by atoms with Gasteiger partial charge in [-0.15, -0.1) is 0 Å². The zero-order valence-electron chi connectivity index (χ0n) is 20.2. The Morgan fingerprint density at radius 2 is 1.83 bits per heavy atom. The summed E-state index contributed by atoms with van der Waals surface area (Å²) in [5, 5.41) is 0. The van der Waals surface area contributed by atoms with Crippen LogP contribution in [0.5, 0.6) is 5.75 Å². The van der Waals surface area contributed by atoms with Crippen LogP contribution < -0.4 is 4.74 Å². The molecule has 11 heteroatoms. The summed E-state index contributed by atoms with van der Waals surface area (Å²) in [5.41, 5.74) is 4.44. The molecule has 0 spiro atoms. The summed E-state index contributed by atoms with van der Waals surface area (Å²) in [6.07, 6.45) is 7.26. The van der Waals surface area contributed by atoms with Crippen molar-refractivity contribution in [3.8, 4) is 11.4 Å². The summed E-state index contributed by atoms with van der Waals surface area (Å²) >= 11 is 0. The Kier molecular flexibility index (Phi) is 8.81. The molecule has 192 valence electrons. The van der Waals surface area contributed by atoms with Crippen molar-refractivity contribution in [2.75, 3.05) is 13.7 Å². The molecule has 1 aliphatic heterocycles. The quantitative estimate of drug-likeness (QED) is 0.343. The van der Waals surface area contributed by atoms with Crippen molar-refractivity contribution in [2.24, 2.45) is 0 Å². The zero-order chi connectivity index (χ0) is 26.5. The molecule has 1 atom stereocenters. The van der Waals surface area contributed by atoms with Gasteiger partial charge in [0, 0.05) is 18.3 Å². The number of imidazole rings is 1. The summed E-state index contributed by atoms with van der Waals surface area (Å²) in [6.45, 7) is 4.62. The third-order valence-electron chi connectivity index (χ3n) is 5.74. The fourth-order valence-corrected chi connectivity index (χ4v) is 4.01. The van der Waals surface area contributed by atoms with Gasteiger partial charge in [0.25, 0.3) is 0 Å². The molecule has 0 bridgehead atoms. The fourth-order valence-electron chi connectivity index (χ4n) is 4.01. The van der Waals surface area contributed by atoms with Crippen molar-refractivity contribution in [3.05, 3.63) is 83.2 Å². The average molecular weight is 517 g/mol. The number of piperidine rings is 1. The van der Waals surface area contributed by atoms with Crippen molar-refractivity contribution in [1.82, 2.24) is 14.5 Å². The zero-order valence-corrected chi connectivity index (χ0v) is 21.1. The van der Waals surface area contributed by atoms with E-state index in [4.69, 9.17) is 24.0 Å². The van der Waals surface area contributed by atoms with Gasteiger partial charge in [0.2, 0.25) is 5.91 Å². The highest BCUT2D eigenvalue weighted by molar-refractivity contribution is 7.45. The first kappa shape index (κ1) is 27.3. The Morgan fingerprint density at radius 1 is 1.17 bits per heavy atom. The highest BCUT2D eigenvalue weighted by Gasteiger charge is 2.28. The largest absolute Gasteiger partial charge is 0.495 e. The highest BCUT2D eigenvalue weighted by Crippen LogP contribution is 2.30. The monoisotopic (exact) mass is 517 g/mol. The molecule has 3 aromatic rings. The van der Waals surface area contributed by atoms with Crippen LogP contribution in [0.3, 0.4) is 0 Å². The van der Waals surface area contributed by atoms with E-state index in [1.165, 1.54) is 12.1 Å². The van der Waals surface area contributed by atoms with Crippen LogP contribution in [0.1, 0.15) is 42.6 Å². The lowest BCUT2D eigenvalue weighted by atomic mass is 9.97. The van der Waals surface area contributed by atoms with Crippen molar-refractivity contribution >= 4 is 19.8 Å². The first-order valence-corrected chi connectivity index (χ1v) is 12.8. The van der Waals surface area contributed by atoms with Gasteiger partial charge in [-0.2, -0.15) is 0 Å². The van der Waals surface area contributed by atoms with Gasteiger partial charge < -0.3 is 28.9 Å². The van der Waals surface area contributed by atoms with Gasteiger partial charge in [-0.3, -0.25) is 4.79 Å². The normalized spacial score (nSPS) is 15.9. The van der Waals surface area contributed by atoms with Gasteiger partial charge >= 0.3 is 7.82 Å². The van der Waals surface area contributed by atoms with Crippen LogP contribution in [0, 0.1) is 12.7 Å². The number of methoxy groups -OCH3 is 1. The summed E-state index contributed by atoms with van der Waals surface area (Å²) in [7, 11) is -3.00. The van der Waals surface area contributed by atoms with E-state index in [1.54, 1.807) is 25.6 Å². The van der Waals surface area contributed by atoms with E-state index in [9.17, 15) is 9.18 Å². The molecule has 1 saturated heterocycles. The molecule has 2 heterocycles. The first-order chi connectivity index (χ1) is 17.0. The minimum absolute atomic E-state index is 0.0244. The summed E-state index contributed by atoms with van der Waals surface area (Å²) < 4.78 is 29.7. The van der Waals surface area contributed by atoms with Crippen molar-refractivity contribution in [2.45, 2.75) is 32.7 Å². The van der Waals surface area contributed by atoms with Gasteiger partial charge in [0.15, 0.2) is 0 Å². The van der Waals surface area contributed by atoms with E-state index in [1.807, 2.05) is 53.8 Å². The third kappa shape index (κ3) is 7.35. The smallest absolute Gasteiger partial charge is 0.466 e. The van der Waals surface area contributed by atoms with Crippen LogP contribution in [-0.2, 0) is 9.36 Å². The second-order valence-corrected chi connectivity index (χ2v) is 9.39. The van der Waals surface area contributed by atoms with Gasteiger partial charge in [0.05, 0.1) is 30.9 Å². The van der Waals surface area contributed by atoms with Gasteiger partial charge in [0.1, 0.15) is 11.6 Å². The Morgan fingerprint density at radius 3 is 2.42 bits per heavy atom. The fraction of sp³-hybridized carbons (Fsp3) is 0.280. The number of rotatable bonds is 5. The molecule has 0 unspecified atom stereocenters. The molecule has 0 radical (unpaired) electrons. The van der Waals surface area contributed by atoms with Gasteiger partial charge in [-0.1, -0.05) is 18.2 Å².